The van der Waals surface area contributed by atoms with Crippen LogP contribution in [0.15, 0.2) is 49.1 Å². The summed E-state index contributed by atoms with van der Waals surface area (Å²) in [5, 5.41) is 7.44. The smallest absolute Gasteiger partial charge is 0.243 e. The lowest BCUT2D eigenvalue weighted by molar-refractivity contribution is 0.391. The highest BCUT2D eigenvalue weighted by molar-refractivity contribution is 7.93. The molecule has 37 heavy (non-hydrogen) atoms. The summed E-state index contributed by atoms with van der Waals surface area (Å²) in [5.41, 5.74) is 1.88. The summed E-state index contributed by atoms with van der Waals surface area (Å²) in [6.07, 6.45) is 5.29. The first-order valence-electron chi connectivity index (χ1n) is 11.2. The van der Waals surface area contributed by atoms with Gasteiger partial charge in [-0.05, 0) is 37.6 Å². The number of halogens is 1. The van der Waals surface area contributed by atoms with E-state index in [4.69, 9.17) is 9.47 Å². The number of rotatable bonds is 9. The van der Waals surface area contributed by atoms with Gasteiger partial charge in [0.25, 0.3) is 0 Å². The van der Waals surface area contributed by atoms with E-state index in [9.17, 15) is 12.8 Å². The van der Waals surface area contributed by atoms with Gasteiger partial charge in [-0.1, -0.05) is 13.0 Å². The minimum atomic E-state index is -4.06. The molecule has 13 heteroatoms. The van der Waals surface area contributed by atoms with Crippen molar-refractivity contribution in [1.82, 2.24) is 29.7 Å². The second-order valence-corrected chi connectivity index (χ2v) is 10.4. The van der Waals surface area contributed by atoms with Crippen LogP contribution >= 0.6 is 0 Å². The number of aromatic nitrogens is 6. The number of nitrogens with one attached hydrogen (secondary N) is 1. The molecular weight excluding hydrogens is 501 g/mol. The summed E-state index contributed by atoms with van der Waals surface area (Å²) in [5.74, 6) is -0.0289. The van der Waals surface area contributed by atoms with E-state index in [1.807, 2.05) is 13.0 Å². The summed E-state index contributed by atoms with van der Waals surface area (Å²) in [6, 6.07) is 7.02. The minimum Gasteiger partial charge on any atom is -0.494 e. The molecule has 3 heterocycles. The summed E-state index contributed by atoms with van der Waals surface area (Å²) >= 11 is 0. The first kappa shape index (κ1) is 25.9. The lowest BCUT2D eigenvalue weighted by Crippen LogP contribution is -2.31. The third kappa shape index (κ3) is 5.21. The van der Waals surface area contributed by atoms with Gasteiger partial charge in [0.15, 0.2) is 11.6 Å². The van der Waals surface area contributed by atoms with Gasteiger partial charge in [-0.15, -0.1) is 10.2 Å². The van der Waals surface area contributed by atoms with Crippen LogP contribution in [0.25, 0.3) is 17.1 Å². The molecule has 2 atom stereocenters. The van der Waals surface area contributed by atoms with E-state index in [1.165, 1.54) is 25.7 Å². The van der Waals surface area contributed by atoms with Gasteiger partial charge in [-0.2, -0.15) is 0 Å². The second-order valence-electron chi connectivity index (χ2n) is 8.35. The normalized spacial score (nSPS) is 13.1. The van der Waals surface area contributed by atoms with Gasteiger partial charge in [0.1, 0.15) is 23.0 Å². The largest absolute Gasteiger partial charge is 0.494 e. The summed E-state index contributed by atoms with van der Waals surface area (Å²) in [7, 11) is -1.08. The Morgan fingerprint density at radius 2 is 1.65 bits per heavy atom. The molecule has 1 N–H and O–H groups in total. The quantitative estimate of drug-likeness (QED) is 0.347. The molecule has 11 nitrogen and oxygen atoms in total. The molecule has 0 saturated heterocycles. The van der Waals surface area contributed by atoms with Gasteiger partial charge in [-0.3, -0.25) is 14.3 Å². The van der Waals surface area contributed by atoms with Gasteiger partial charge in [-0.25, -0.2) is 22.8 Å². The number of nitrogens with zero attached hydrogens (tertiary/aromatic N) is 6. The zero-order valence-electron chi connectivity index (χ0n) is 20.9. The van der Waals surface area contributed by atoms with Crippen LogP contribution in [0.5, 0.6) is 11.5 Å². The molecule has 0 aliphatic carbocycles. The monoisotopic (exact) mass is 527 g/mol. The fourth-order valence-corrected chi connectivity index (χ4v) is 4.97. The van der Waals surface area contributed by atoms with Crippen LogP contribution in [-0.4, -0.2) is 57.6 Å². The van der Waals surface area contributed by atoms with Crippen molar-refractivity contribution in [3.8, 4) is 28.6 Å². The number of para-hydroxylation sites is 1. The average molecular weight is 528 g/mol. The fourth-order valence-electron chi connectivity index (χ4n) is 3.73. The summed E-state index contributed by atoms with van der Waals surface area (Å²) in [4.78, 5) is 12.1. The number of benzene rings is 1. The van der Waals surface area contributed by atoms with E-state index in [-0.39, 0.29) is 11.8 Å². The van der Waals surface area contributed by atoms with E-state index in [1.54, 1.807) is 37.5 Å². The maximum atomic E-state index is 13.5. The molecule has 0 fully saturated rings. The number of ether oxygens (including phenoxy) is 2. The molecule has 0 radical (unpaired) electrons. The predicted octanol–water partition coefficient (Wildman–Crippen LogP) is 3.52. The number of sulfonamides is 1. The SMILES string of the molecule is COc1cccc(OC)c1-n1c(NS(=O)(=O)[C@@H](C)[C@@H](C)c2ncc(F)cn2)nnc1-c1cncc(C)c1. The standard InChI is InChI=1S/C24H26FN7O4S/c1-14-9-17(11-26-10-14)23-29-30-24(32(23)21-19(35-4)7-6-8-20(21)36-5)31-37(33,34)16(3)15(2)22-27-12-18(25)13-28-22/h6-13,15-16H,1-5H3,(H,30,31)/t15-,16+/m1/s1. The Bertz CT molecular complexity index is 1490. The van der Waals surface area contributed by atoms with Crippen molar-refractivity contribution >= 4 is 16.0 Å². The Kier molecular flexibility index (Phi) is 7.34. The highest BCUT2D eigenvalue weighted by atomic mass is 32.2. The molecule has 0 spiro atoms. The summed E-state index contributed by atoms with van der Waals surface area (Å²) < 4.78 is 55.4. The third-order valence-electron chi connectivity index (χ3n) is 5.90. The van der Waals surface area contributed by atoms with Crippen LogP contribution in [0.2, 0.25) is 0 Å². The fraction of sp³-hybridized carbons (Fsp3) is 0.292. The van der Waals surface area contributed by atoms with Crippen molar-refractivity contribution in [1.29, 1.82) is 0 Å². The molecule has 4 rings (SSSR count). The maximum absolute atomic E-state index is 13.5. The Balaban J connectivity index is 1.83. The van der Waals surface area contributed by atoms with E-state index in [0.29, 0.717) is 28.6 Å². The van der Waals surface area contributed by atoms with Crippen molar-refractivity contribution in [2.75, 3.05) is 18.9 Å². The third-order valence-corrected chi connectivity index (χ3v) is 7.75. The van der Waals surface area contributed by atoms with Crippen LogP contribution in [0, 0.1) is 12.7 Å². The van der Waals surface area contributed by atoms with E-state index < -0.39 is 27.0 Å². The van der Waals surface area contributed by atoms with Gasteiger partial charge < -0.3 is 9.47 Å². The molecular formula is C24H26FN7O4S. The van der Waals surface area contributed by atoms with Gasteiger partial charge in [0.2, 0.25) is 16.0 Å². The van der Waals surface area contributed by atoms with Crippen LogP contribution in [-0.2, 0) is 10.0 Å². The van der Waals surface area contributed by atoms with Gasteiger partial charge in [0, 0.05) is 23.9 Å². The topological polar surface area (TPSA) is 134 Å². The van der Waals surface area contributed by atoms with E-state index in [0.717, 1.165) is 18.0 Å². The Hall–Kier alpha value is -4.13. The zero-order valence-corrected chi connectivity index (χ0v) is 21.7. The Labute approximate surface area is 213 Å². The zero-order chi connectivity index (χ0) is 26.7. The number of hydrogen-bond acceptors (Lipinski definition) is 9. The Morgan fingerprint density at radius 1 is 1.00 bits per heavy atom. The van der Waals surface area contributed by atoms with Crippen LogP contribution in [0.1, 0.15) is 31.2 Å². The predicted molar refractivity (Wildman–Crippen MR) is 135 cm³/mol. The van der Waals surface area contributed by atoms with E-state index in [2.05, 4.69) is 29.9 Å². The molecule has 0 saturated carbocycles. The number of anilines is 1. The molecule has 194 valence electrons. The molecule has 3 aromatic heterocycles. The number of aryl methyl sites for hydroxylation is 1. The van der Waals surface area contributed by atoms with Gasteiger partial charge >= 0.3 is 0 Å². The van der Waals surface area contributed by atoms with Crippen molar-refractivity contribution in [2.45, 2.75) is 31.9 Å². The average Bonchev–Trinajstić information content (AvgIpc) is 3.29. The highest BCUT2D eigenvalue weighted by Crippen LogP contribution is 2.38. The first-order valence-corrected chi connectivity index (χ1v) is 12.8. The second kappa shape index (κ2) is 10.5. The van der Waals surface area contributed by atoms with Crippen LogP contribution in [0.4, 0.5) is 10.3 Å². The lowest BCUT2D eigenvalue weighted by Gasteiger charge is -2.21. The molecule has 4 aromatic rings. The van der Waals surface area contributed by atoms with Crippen molar-refractivity contribution in [3.05, 3.63) is 66.3 Å². The van der Waals surface area contributed by atoms with Crippen molar-refractivity contribution in [2.24, 2.45) is 0 Å². The molecule has 0 aliphatic heterocycles. The number of pyridine rings is 1. The maximum Gasteiger partial charge on any atom is 0.243 e. The van der Waals surface area contributed by atoms with Gasteiger partial charge in [0.05, 0.1) is 31.9 Å². The number of hydrogen-bond donors (Lipinski definition) is 1. The molecule has 0 amide bonds. The van der Waals surface area contributed by atoms with Crippen LogP contribution in [0.3, 0.4) is 0 Å². The first-order chi connectivity index (χ1) is 17.7. The lowest BCUT2D eigenvalue weighted by atomic mass is 10.1. The summed E-state index contributed by atoms with van der Waals surface area (Å²) in [6.45, 7) is 5.04. The molecule has 0 bridgehead atoms. The highest BCUT2D eigenvalue weighted by Gasteiger charge is 2.32. The van der Waals surface area contributed by atoms with Crippen molar-refractivity contribution in [3.63, 3.8) is 0 Å². The Morgan fingerprint density at radius 3 is 2.24 bits per heavy atom. The minimum absolute atomic E-state index is 0.0848. The van der Waals surface area contributed by atoms with Crippen LogP contribution < -0.4 is 14.2 Å². The number of methoxy groups -OCH3 is 2. The molecule has 0 unspecified atom stereocenters. The van der Waals surface area contributed by atoms with E-state index >= 15 is 0 Å². The molecule has 1 aromatic carbocycles. The molecule has 0 aliphatic rings. The van der Waals surface area contributed by atoms with Crippen molar-refractivity contribution < 1.29 is 22.3 Å².